The van der Waals surface area contributed by atoms with Gasteiger partial charge in [-0.2, -0.15) is 0 Å². The molecule has 0 unspecified atom stereocenters. The second kappa shape index (κ2) is 5.66. The van der Waals surface area contributed by atoms with Gasteiger partial charge in [0.05, 0.1) is 22.7 Å². The standard InChI is InChI=1S/C17H18N4O4/c1-8-6-13-12(7-11(8)17(24)25)18-16(23)15-20-19-14(21(13)15)9-2-4-10(22)5-3-9/h6-7,9-10,22H,2-5H2,1H3,(H,18,23)(H,24,25)/t9-,10+. The molecule has 0 aliphatic heterocycles. The van der Waals surface area contributed by atoms with Gasteiger partial charge in [-0.25, -0.2) is 4.79 Å². The molecular weight excluding hydrogens is 324 g/mol. The third-order valence-electron chi connectivity index (χ3n) is 5.02. The Morgan fingerprint density at radius 3 is 2.64 bits per heavy atom. The molecular formula is C17H18N4O4. The molecule has 8 nitrogen and oxygen atoms in total. The molecule has 0 bridgehead atoms. The number of nitrogens with one attached hydrogen (secondary N) is 1. The number of hydrogen-bond acceptors (Lipinski definition) is 5. The molecule has 4 rings (SSSR count). The number of aromatic nitrogens is 4. The number of aromatic amines is 1. The number of aryl methyl sites for hydroxylation is 1. The van der Waals surface area contributed by atoms with Crippen LogP contribution in [0.5, 0.6) is 0 Å². The van der Waals surface area contributed by atoms with Crippen molar-refractivity contribution in [1.29, 1.82) is 0 Å². The largest absolute Gasteiger partial charge is 0.478 e. The van der Waals surface area contributed by atoms with Gasteiger partial charge < -0.3 is 15.2 Å². The summed E-state index contributed by atoms with van der Waals surface area (Å²) in [4.78, 5) is 26.4. The molecule has 3 N–H and O–H groups in total. The fraction of sp³-hybridized carbons (Fsp3) is 0.412. The van der Waals surface area contributed by atoms with E-state index in [1.807, 2.05) is 0 Å². The van der Waals surface area contributed by atoms with Gasteiger partial charge in [0.25, 0.3) is 5.56 Å². The van der Waals surface area contributed by atoms with Gasteiger partial charge in [-0.3, -0.25) is 9.20 Å². The first-order chi connectivity index (χ1) is 12.0. The lowest BCUT2D eigenvalue weighted by Crippen LogP contribution is -2.19. The van der Waals surface area contributed by atoms with E-state index in [0.717, 1.165) is 12.8 Å². The van der Waals surface area contributed by atoms with Gasteiger partial charge in [0.2, 0.25) is 5.65 Å². The fourth-order valence-electron chi connectivity index (χ4n) is 3.67. The van der Waals surface area contributed by atoms with Gasteiger partial charge in [-0.15, -0.1) is 10.2 Å². The molecule has 2 aromatic heterocycles. The van der Waals surface area contributed by atoms with Gasteiger partial charge in [0.1, 0.15) is 5.82 Å². The molecule has 25 heavy (non-hydrogen) atoms. The second-order valence-corrected chi connectivity index (χ2v) is 6.67. The van der Waals surface area contributed by atoms with Crippen molar-refractivity contribution in [2.75, 3.05) is 0 Å². The quantitative estimate of drug-likeness (QED) is 0.650. The zero-order valence-corrected chi connectivity index (χ0v) is 13.7. The van der Waals surface area contributed by atoms with E-state index < -0.39 is 11.5 Å². The van der Waals surface area contributed by atoms with E-state index >= 15 is 0 Å². The summed E-state index contributed by atoms with van der Waals surface area (Å²) in [6, 6.07) is 3.22. The molecule has 0 saturated heterocycles. The summed E-state index contributed by atoms with van der Waals surface area (Å²) in [5, 5.41) is 27.3. The van der Waals surface area contributed by atoms with Crippen molar-refractivity contribution in [3.8, 4) is 0 Å². The number of rotatable bonds is 2. The van der Waals surface area contributed by atoms with E-state index in [1.165, 1.54) is 6.07 Å². The van der Waals surface area contributed by atoms with Crippen molar-refractivity contribution in [1.82, 2.24) is 19.6 Å². The minimum absolute atomic E-state index is 0.114. The van der Waals surface area contributed by atoms with Gasteiger partial charge in [-0.1, -0.05) is 0 Å². The van der Waals surface area contributed by atoms with Crippen LogP contribution in [0.15, 0.2) is 16.9 Å². The summed E-state index contributed by atoms with van der Waals surface area (Å²) in [5.41, 5.74) is 1.68. The number of carboxylic acid groups (broad SMARTS) is 1. The Bertz CT molecular complexity index is 1040. The van der Waals surface area contributed by atoms with Crippen molar-refractivity contribution < 1.29 is 15.0 Å². The maximum absolute atomic E-state index is 12.3. The van der Waals surface area contributed by atoms with Gasteiger partial charge in [0, 0.05) is 5.92 Å². The van der Waals surface area contributed by atoms with Crippen molar-refractivity contribution in [2.24, 2.45) is 0 Å². The topological polar surface area (TPSA) is 121 Å². The lowest BCUT2D eigenvalue weighted by Gasteiger charge is -2.24. The van der Waals surface area contributed by atoms with Crippen LogP contribution in [0.2, 0.25) is 0 Å². The maximum Gasteiger partial charge on any atom is 0.336 e. The molecule has 3 aromatic rings. The van der Waals surface area contributed by atoms with Crippen molar-refractivity contribution in [3.63, 3.8) is 0 Å². The monoisotopic (exact) mass is 342 g/mol. The first kappa shape index (κ1) is 15.8. The zero-order valence-electron chi connectivity index (χ0n) is 13.7. The van der Waals surface area contributed by atoms with E-state index in [-0.39, 0.29) is 23.2 Å². The Labute approximate surface area is 142 Å². The van der Waals surface area contributed by atoms with Crippen LogP contribution in [0.25, 0.3) is 16.7 Å². The predicted molar refractivity (Wildman–Crippen MR) is 90.0 cm³/mol. The molecule has 0 spiro atoms. The molecule has 0 amide bonds. The smallest absolute Gasteiger partial charge is 0.336 e. The minimum atomic E-state index is -1.04. The van der Waals surface area contributed by atoms with Crippen LogP contribution >= 0.6 is 0 Å². The van der Waals surface area contributed by atoms with E-state index in [1.54, 1.807) is 17.4 Å². The lowest BCUT2D eigenvalue weighted by atomic mass is 9.87. The van der Waals surface area contributed by atoms with Crippen molar-refractivity contribution >= 4 is 22.6 Å². The van der Waals surface area contributed by atoms with Crippen LogP contribution in [-0.2, 0) is 0 Å². The lowest BCUT2D eigenvalue weighted by molar-refractivity contribution is 0.0696. The van der Waals surface area contributed by atoms with Crippen LogP contribution in [0.3, 0.4) is 0 Å². The Morgan fingerprint density at radius 2 is 1.96 bits per heavy atom. The highest BCUT2D eigenvalue weighted by Gasteiger charge is 2.26. The van der Waals surface area contributed by atoms with Gasteiger partial charge in [0.15, 0.2) is 0 Å². The minimum Gasteiger partial charge on any atom is -0.478 e. The SMILES string of the molecule is Cc1cc2c(cc1C(=O)O)[nH]c(=O)c1nnc([C@H]3CC[C@@H](O)CC3)n12. The van der Waals surface area contributed by atoms with Crippen molar-refractivity contribution in [3.05, 3.63) is 39.4 Å². The second-order valence-electron chi connectivity index (χ2n) is 6.67. The molecule has 1 aromatic carbocycles. The highest BCUT2D eigenvalue weighted by molar-refractivity contribution is 5.94. The highest BCUT2D eigenvalue weighted by Crippen LogP contribution is 2.33. The molecule has 0 atom stereocenters. The number of hydrogen-bond donors (Lipinski definition) is 3. The Kier molecular flexibility index (Phi) is 3.57. The van der Waals surface area contributed by atoms with E-state index in [2.05, 4.69) is 15.2 Å². The van der Waals surface area contributed by atoms with E-state index in [4.69, 9.17) is 0 Å². The van der Waals surface area contributed by atoms with Crippen molar-refractivity contribution in [2.45, 2.75) is 44.6 Å². The summed E-state index contributed by atoms with van der Waals surface area (Å²) < 4.78 is 1.73. The maximum atomic E-state index is 12.3. The third kappa shape index (κ3) is 2.49. The number of fused-ring (bicyclic) bond motifs is 3. The number of nitrogens with zero attached hydrogens (tertiary/aromatic N) is 3. The fourth-order valence-corrected chi connectivity index (χ4v) is 3.67. The van der Waals surface area contributed by atoms with E-state index in [9.17, 15) is 19.8 Å². The molecule has 8 heteroatoms. The summed E-state index contributed by atoms with van der Waals surface area (Å²) >= 11 is 0. The Morgan fingerprint density at radius 1 is 1.24 bits per heavy atom. The number of carbonyl (C=O) groups is 1. The molecule has 1 fully saturated rings. The summed E-state index contributed by atoms with van der Waals surface area (Å²) in [7, 11) is 0. The van der Waals surface area contributed by atoms with Crippen LogP contribution in [0.1, 0.15) is 53.3 Å². The van der Waals surface area contributed by atoms with Crippen LogP contribution in [0.4, 0.5) is 0 Å². The average molecular weight is 342 g/mol. The normalized spacial score (nSPS) is 21.0. The summed E-state index contributed by atoms with van der Waals surface area (Å²) in [5.74, 6) is -0.228. The van der Waals surface area contributed by atoms with Gasteiger partial charge in [-0.05, 0) is 50.3 Å². The molecule has 0 radical (unpaired) electrons. The number of benzene rings is 1. The Balaban J connectivity index is 1.98. The van der Waals surface area contributed by atoms with Crippen LogP contribution < -0.4 is 5.56 Å². The number of H-pyrrole nitrogens is 1. The average Bonchev–Trinajstić information content (AvgIpc) is 3.01. The predicted octanol–water partition coefficient (Wildman–Crippen LogP) is 1.60. The molecule has 1 aliphatic rings. The highest BCUT2D eigenvalue weighted by atomic mass is 16.4. The molecule has 2 heterocycles. The first-order valence-electron chi connectivity index (χ1n) is 8.28. The van der Waals surface area contributed by atoms with Gasteiger partial charge >= 0.3 is 5.97 Å². The molecule has 130 valence electrons. The van der Waals surface area contributed by atoms with Crippen LogP contribution in [0, 0.1) is 6.92 Å². The summed E-state index contributed by atoms with van der Waals surface area (Å²) in [6.45, 7) is 1.72. The van der Waals surface area contributed by atoms with Crippen LogP contribution in [-0.4, -0.2) is 41.9 Å². The summed E-state index contributed by atoms with van der Waals surface area (Å²) in [6.07, 6.45) is 2.67. The molecule has 1 saturated carbocycles. The number of aliphatic hydroxyl groups is 1. The first-order valence-corrected chi connectivity index (χ1v) is 8.28. The Hall–Kier alpha value is -2.74. The zero-order chi connectivity index (χ0) is 17.7. The number of aromatic carboxylic acids is 1. The van der Waals surface area contributed by atoms with E-state index in [0.29, 0.717) is 35.3 Å². The number of aliphatic hydroxyl groups excluding tert-OH is 1. The third-order valence-corrected chi connectivity index (χ3v) is 5.02. The molecule has 1 aliphatic carbocycles. The number of carboxylic acids is 1.